The molecule has 2 aliphatic rings. The monoisotopic (exact) mass is 176 g/mol. The van der Waals surface area contributed by atoms with E-state index in [1.54, 1.807) is 6.92 Å². The van der Waals surface area contributed by atoms with Crippen LogP contribution >= 0.6 is 0 Å². The van der Waals surface area contributed by atoms with Crippen molar-refractivity contribution in [2.75, 3.05) is 0 Å². The molecule has 0 spiro atoms. The van der Waals surface area contributed by atoms with E-state index in [1.807, 2.05) is 0 Å². The van der Waals surface area contributed by atoms with E-state index in [1.165, 1.54) is 12.8 Å². The molecule has 0 bridgehead atoms. The second-order valence-corrected chi connectivity index (χ2v) is 4.33. The molecule has 0 amide bonds. The van der Waals surface area contributed by atoms with E-state index in [2.05, 4.69) is 11.8 Å². The minimum atomic E-state index is 0.359. The number of rotatable bonds is 2. The van der Waals surface area contributed by atoms with Crippen molar-refractivity contribution in [1.82, 2.24) is 0 Å². The van der Waals surface area contributed by atoms with Gasteiger partial charge in [0.15, 0.2) is 0 Å². The predicted molar refractivity (Wildman–Crippen MR) is 52.0 cm³/mol. The Morgan fingerprint density at radius 1 is 1.23 bits per heavy atom. The first kappa shape index (κ1) is 8.81. The number of hydrogen-bond acceptors (Lipinski definition) is 1. The zero-order valence-corrected chi connectivity index (χ0v) is 8.18. The van der Waals surface area contributed by atoms with Crippen molar-refractivity contribution in [2.45, 2.75) is 39.0 Å². The molecular weight excluding hydrogens is 160 g/mol. The van der Waals surface area contributed by atoms with Crippen LogP contribution in [0.5, 0.6) is 0 Å². The van der Waals surface area contributed by atoms with Crippen molar-refractivity contribution >= 4 is 5.78 Å². The highest BCUT2D eigenvalue weighted by Crippen LogP contribution is 2.54. The van der Waals surface area contributed by atoms with Crippen LogP contribution < -0.4 is 0 Å². The maximum Gasteiger partial charge on any atom is 0.130 e. The maximum atomic E-state index is 11.0. The van der Waals surface area contributed by atoms with Gasteiger partial charge in [0.2, 0.25) is 0 Å². The molecule has 2 rings (SSSR count). The van der Waals surface area contributed by atoms with Gasteiger partial charge in [-0.25, -0.2) is 0 Å². The smallest absolute Gasteiger partial charge is 0.130 e. The third kappa shape index (κ3) is 1.94. The largest absolute Gasteiger partial charge is 0.300 e. The Labute approximate surface area is 79.9 Å². The van der Waals surface area contributed by atoms with Gasteiger partial charge in [-0.15, -0.1) is 11.8 Å². The van der Waals surface area contributed by atoms with Crippen molar-refractivity contribution in [2.24, 2.45) is 17.8 Å². The van der Waals surface area contributed by atoms with Crippen LogP contribution in [0.1, 0.15) is 39.0 Å². The maximum absolute atomic E-state index is 11.0. The van der Waals surface area contributed by atoms with Crippen LogP contribution in [0.15, 0.2) is 0 Å². The lowest BCUT2D eigenvalue weighted by molar-refractivity contribution is -0.117. The lowest BCUT2D eigenvalue weighted by Crippen LogP contribution is -1.93. The third-order valence-electron chi connectivity index (χ3n) is 3.36. The first-order valence-corrected chi connectivity index (χ1v) is 5.24. The number of carbonyl (C=O) groups excluding carboxylic acids is 1. The van der Waals surface area contributed by atoms with E-state index < -0.39 is 0 Å². The van der Waals surface area contributed by atoms with Crippen LogP contribution in [-0.4, -0.2) is 5.78 Å². The fourth-order valence-corrected chi connectivity index (χ4v) is 2.67. The summed E-state index contributed by atoms with van der Waals surface area (Å²) in [4.78, 5) is 11.0. The van der Waals surface area contributed by atoms with Crippen LogP contribution in [0, 0.1) is 29.6 Å². The van der Waals surface area contributed by atoms with Gasteiger partial charge in [0.05, 0.1) is 0 Å². The minimum Gasteiger partial charge on any atom is -0.300 e. The average molecular weight is 176 g/mol. The summed E-state index contributed by atoms with van der Waals surface area (Å²) < 4.78 is 0. The van der Waals surface area contributed by atoms with Gasteiger partial charge in [0.1, 0.15) is 5.78 Å². The zero-order chi connectivity index (χ0) is 9.26. The quantitative estimate of drug-likeness (QED) is 0.590. The molecule has 0 aromatic rings. The van der Waals surface area contributed by atoms with Crippen molar-refractivity contribution in [3.63, 3.8) is 0 Å². The van der Waals surface area contributed by atoms with Gasteiger partial charge in [-0.05, 0) is 37.5 Å². The summed E-state index contributed by atoms with van der Waals surface area (Å²) in [6.07, 6.45) is 5.38. The summed E-state index contributed by atoms with van der Waals surface area (Å²) >= 11 is 0. The molecular formula is C12H16O. The van der Waals surface area contributed by atoms with Crippen molar-refractivity contribution < 1.29 is 4.79 Å². The molecule has 13 heavy (non-hydrogen) atoms. The van der Waals surface area contributed by atoms with Gasteiger partial charge >= 0.3 is 0 Å². The molecule has 0 N–H and O–H groups in total. The van der Waals surface area contributed by atoms with Crippen LogP contribution in [-0.2, 0) is 4.79 Å². The van der Waals surface area contributed by atoms with Gasteiger partial charge in [-0.3, -0.25) is 0 Å². The molecule has 0 aliphatic heterocycles. The van der Waals surface area contributed by atoms with Crippen LogP contribution in [0.4, 0.5) is 0 Å². The van der Waals surface area contributed by atoms with Gasteiger partial charge in [0, 0.05) is 19.3 Å². The standard InChI is InChI=1S/C12H16O/c1-9(13)8-12-10-6-4-2-3-5-7-11(10)12/h10-12H,4-8H2,1H3. The summed E-state index contributed by atoms with van der Waals surface area (Å²) in [5, 5.41) is 0. The van der Waals surface area contributed by atoms with Crippen molar-refractivity contribution in [3.8, 4) is 11.8 Å². The van der Waals surface area contributed by atoms with E-state index in [0.29, 0.717) is 11.7 Å². The Kier molecular flexibility index (Phi) is 2.40. The number of fused-ring (bicyclic) bond motifs is 1. The summed E-state index contributed by atoms with van der Waals surface area (Å²) in [5.74, 6) is 9.10. The third-order valence-corrected chi connectivity index (χ3v) is 3.36. The Bertz CT molecular complexity index is 251. The molecule has 1 heteroatoms. The molecule has 1 nitrogen and oxygen atoms in total. The zero-order valence-electron chi connectivity index (χ0n) is 8.18. The number of carbonyl (C=O) groups is 1. The van der Waals surface area contributed by atoms with Crippen LogP contribution in [0.25, 0.3) is 0 Å². The van der Waals surface area contributed by atoms with E-state index in [4.69, 9.17) is 0 Å². The molecule has 0 heterocycles. The summed E-state index contributed by atoms with van der Waals surface area (Å²) in [5.41, 5.74) is 0. The topological polar surface area (TPSA) is 17.1 Å². The molecule has 0 saturated heterocycles. The second-order valence-electron chi connectivity index (χ2n) is 4.33. The SMILES string of the molecule is CC(=O)CC1C2CCC#CCCC21. The highest BCUT2D eigenvalue weighted by molar-refractivity contribution is 5.76. The summed E-state index contributed by atoms with van der Waals surface area (Å²) in [7, 11) is 0. The normalized spacial score (nSPS) is 36.2. The minimum absolute atomic E-state index is 0.359. The lowest BCUT2D eigenvalue weighted by Gasteiger charge is -1.96. The van der Waals surface area contributed by atoms with Crippen LogP contribution in [0.2, 0.25) is 0 Å². The van der Waals surface area contributed by atoms with E-state index in [0.717, 1.165) is 31.1 Å². The Hall–Kier alpha value is -0.770. The Morgan fingerprint density at radius 2 is 1.77 bits per heavy atom. The Morgan fingerprint density at radius 3 is 2.23 bits per heavy atom. The first-order valence-electron chi connectivity index (χ1n) is 5.24. The highest BCUT2D eigenvalue weighted by atomic mass is 16.1. The molecule has 1 fully saturated rings. The van der Waals surface area contributed by atoms with Crippen molar-refractivity contribution in [3.05, 3.63) is 0 Å². The molecule has 70 valence electrons. The lowest BCUT2D eigenvalue weighted by atomic mass is 10.1. The molecule has 2 unspecified atom stereocenters. The average Bonchev–Trinajstić information content (AvgIpc) is 2.58. The molecule has 2 aliphatic carbocycles. The van der Waals surface area contributed by atoms with Crippen LogP contribution in [0.3, 0.4) is 0 Å². The highest BCUT2D eigenvalue weighted by Gasteiger charge is 2.48. The fraction of sp³-hybridized carbons (Fsp3) is 0.750. The van der Waals surface area contributed by atoms with E-state index >= 15 is 0 Å². The number of ketones is 1. The molecule has 0 aromatic heterocycles. The van der Waals surface area contributed by atoms with Gasteiger partial charge in [-0.2, -0.15) is 0 Å². The molecule has 1 saturated carbocycles. The van der Waals surface area contributed by atoms with E-state index in [9.17, 15) is 4.79 Å². The second kappa shape index (κ2) is 3.54. The van der Waals surface area contributed by atoms with Gasteiger partial charge in [-0.1, -0.05) is 0 Å². The molecule has 0 aromatic carbocycles. The van der Waals surface area contributed by atoms with Gasteiger partial charge < -0.3 is 4.79 Å². The first-order chi connectivity index (χ1) is 6.29. The number of hydrogen-bond donors (Lipinski definition) is 0. The number of Topliss-reactive ketones (excluding diaryl/α,β-unsaturated/α-hetero) is 1. The Balaban J connectivity index is 1.89. The molecule has 2 atom stereocenters. The summed E-state index contributed by atoms with van der Waals surface area (Å²) in [6, 6.07) is 0. The predicted octanol–water partition coefficient (Wildman–Crippen LogP) is 2.41. The van der Waals surface area contributed by atoms with Crippen molar-refractivity contribution in [1.29, 1.82) is 0 Å². The molecule has 0 radical (unpaired) electrons. The summed E-state index contributed by atoms with van der Waals surface area (Å²) in [6.45, 7) is 1.71. The van der Waals surface area contributed by atoms with E-state index in [-0.39, 0.29) is 0 Å². The fourth-order valence-electron chi connectivity index (χ4n) is 2.67. The van der Waals surface area contributed by atoms with Gasteiger partial charge in [0.25, 0.3) is 0 Å².